The average molecular weight is 668 g/mol. The number of hydrogen-bond donors (Lipinski definition) is 1. The van der Waals surface area contributed by atoms with Crippen LogP contribution >= 0.6 is 34.7 Å². The van der Waals surface area contributed by atoms with Crippen LogP contribution in [0.2, 0.25) is 5.02 Å². The van der Waals surface area contributed by atoms with Crippen molar-refractivity contribution in [1.29, 1.82) is 0 Å². The fourth-order valence-corrected chi connectivity index (χ4v) is 9.22. The van der Waals surface area contributed by atoms with Crippen molar-refractivity contribution in [1.82, 2.24) is 4.57 Å². The highest BCUT2D eigenvalue weighted by atomic mass is 35.5. The van der Waals surface area contributed by atoms with E-state index in [2.05, 4.69) is 26.1 Å². The molecule has 3 amide bonds. The zero-order chi connectivity index (χ0) is 32.3. The highest BCUT2D eigenvalue weighted by Gasteiger charge is 2.56. The fraction of sp³-hybridized carbons (Fsp3) is 0.222. The van der Waals surface area contributed by atoms with Gasteiger partial charge < -0.3 is 5.32 Å². The molecule has 0 saturated carbocycles. The Hall–Kier alpha value is -4.18. The van der Waals surface area contributed by atoms with E-state index < -0.39 is 17.1 Å². The molecule has 46 heavy (non-hydrogen) atoms. The van der Waals surface area contributed by atoms with Crippen molar-refractivity contribution in [2.24, 2.45) is 5.92 Å². The van der Waals surface area contributed by atoms with Gasteiger partial charge in [-0.1, -0.05) is 116 Å². The molecule has 3 unspecified atom stereocenters. The molecule has 7 rings (SSSR count). The number of anilines is 2. The van der Waals surface area contributed by atoms with Crippen LogP contribution in [0.1, 0.15) is 42.7 Å². The summed E-state index contributed by atoms with van der Waals surface area (Å²) < 4.78 is 1.45. The van der Waals surface area contributed by atoms with E-state index >= 15 is 0 Å². The maximum absolute atomic E-state index is 14.1. The monoisotopic (exact) mass is 667 g/mol. The summed E-state index contributed by atoms with van der Waals surface area (Å²) in [6.45, 7) is 6.17. The van der Waals surface area contributed by atoms with Crippen LogP contribution in [0.25, 0.3) is 10.8 Å². The van der Waals surface area contributed by atoms with Crippen LogP contribution in [0, 0.1) is 5.92 Å². The van der Waals surface area contributed by atoms with Gasteiger partial charge in [0.1, 0.15) is 11.8 Å². The molecule has 1 N–H and O–H groups in total. The molecule has 1 saturated heterocycles. The standard InChI is InChI=1S/C36H30ClN3O4S2/c1-36(2,3)22-13-11-21(12-14-22)28-29-30(33(43)40(32(29)42)24-17-15-23(37)16-18-24)45-34-31(28)46-35(44)39(34)19-27(41)38-26-10-6-8-20-7-4-5-9-25(20)26/h4-18,28-30H,19H2,1-3H3,(H,38,41). The number of fused-ring (bicyclic) bond motifs is 3. The van der Waals surface area contributed by atoms with E-state index in [9.17, 15) is 19.2 Å². The first-order valence-electron chi connectivity index (χ1n) is 14.9. The van der Waals surface area contributed by atoms with Gasteiger partial charge in [-0.05, 0) is 52.3 Å². The summed E-state index contributed by atoms with van der Waals surface area (Å²) in [5, 5.41) is 5.13. The minimum atomic E-state index is -0.774. The second-order valence-corrected chi connectivity index (χ2v) is 15.2. The summed E-state index contributed by atoms with van der Waals surface area (Å²) in [6, 6.07) is 28.1. The van der Waals surface area contributed by atoms with Crippen LogP contribution in [0.4, 0.5) is 11.4 Å². The van der Waals surface area contributed by atoms with Gasteiger partial charge in [-0.2, -0.15) is 0 Å². The molecule has 1 aromatic heterocycles. The molecule has 0 bridgehead atoms. The number of thioether (sulfide) groups is 1. The fourth-order valence-electron chi connectivity index (χ4n) is 6.32. The minimum absolute atomic E-state index is 0.0786. The molecule has 10 heteroatoms. The summed E-state index contributed by atoms with van der Waals surface area (Å²) in [6.07, 6.45) is 0. The van der Waals surface area contributed by atoms with Crippen molar-refractivity contribution in [2.75, 3.05) is 10.2 Å². The third-order valence-corrected chi connectivity index (χ3v) is 11.5. The molecule has 1 fully saturated rings. The van der Waals surface area contributed by atoms with Gasteiger partial charge in [-0.25, -0.2) is 4.90 Å². The van der Waals surface area contributed by atoms with E-state index in [0.29, 0.717) is 26.3 Å². The number of carbonyl (C=O) groups is 3. The van der Waals surface area contributed by atoms with Crippen LogP contribution < -0.4 is 15.1 Å². The number of nitrogens with zero attached hydrogens (tertiary/aromatic N) is 2. The van der Waals surface area contributed by atoms with Gasteiger partial charge in [-0.3, -0.25) is 23.7 Å². The number of benzene rings is 4. The highest BCUT2D eigenvalue weighted by Crippen LogP contribution is 2.54. The molecular formula is C36H30ClN3O4S2. The van der Waals surface area contributed by atoms with E-state index in [1.165, 1.54) is 21.2 Å². The van der Waals surface area contributed by atoms with E-state index in [4.69, 9.17) is 11.6 Å². The maximum Gasteiger partial charge on any atom is 0.308 e. The number of rotatable bonds is 5. The van der Waals surface area contributed by atoms with Crippen molar-refractivity contribution in [3.05, 3.63) is 122 Å². The van der Waals surface area contributed by atoms with Gasteiger partial charge in [0.15, 0.2) is 0 Å². The molecule has 7 nitrogen and oxygen atoms in total. The van der Waals surface area contributed by atoms with Gasteiger partial charge >= 0.3 is 4.87 Å². The Morgan fingerprint density at radius 3 is 2.28 bits per heavy atom. The van der Waals surface area contributed by atoms with Crippen LogP contribution in [-0.4, -0.2) is 27.5 Å². The Kier molecular flexibility index (Phi) is 7.66. The van der Waals surface area contributed by atoms with Crippen LogP contribution in [0.5, 0.6) is 0 Å². The first-order chi connectivity index (χ1) is 22.0. The van der Waals surface area contributed by atoms with E-state index in [0.717, 1.165) is 33.2 Å². The molecule has 2 aliphatic rings. The lowest BCUT2D eigenvalue weighted by molar-refractivity contribution is -0.122. The van der Waals surface area contributed by atoms with E-state index in [1.54, 1.807) is 24.3 Å². The van der Waals surface area contributed by atoms with E-state index in [1.807, 2.05) is 66.7 Å². The van der Waals surface area contributed by atoms with Gasteiger partial charge in [0.2, 0.25) is 17.7 Å². The molecule has 2 aliphatic heterocycles. The lowest BCUT2D eigenvalue weighted by Crippen LogP contribution is -2.33. The number of thiazole rings is 1. The number of amides is 3. The maximum atomic E-state index is 14.1. The molecule has 5 aromatic rings. The number of halogens is 1. The third kappa shape index (κ3) is 5.26. The summed E-state index contributed by atoms with van der Waals surface area (Å²) in [7, 11) is 0. The van der Waals surface area contributed by atoms with Gasteiger partial charge in [-0.15, -0.1) is 0 Å². The summed E-state index contributed by atoms with van der Waals surface area (Å²) in [5.74, 6) is -2.29. The molecule has 3 atom stereocenters. The average Bonchev–Trinajstić information content (AvgIpc) is 3.47. The molecular weight excluding hydrogens is 638 g/mol. The number of nitrogens with one attached hydrogen (secondary N) is 1. The summed E-state index contributed by atoms with van der Waals surface area (Å²) >= 11 is 8.34. The molecule has 4 aromatic carbocycles. The second kappa shape index (κ2) is 11.6. The van der Waals surface area contributed by atoms with Crippen LogP contribution in [0.15, 0.2) is 101 Å². The molecule has 0 radical (unpaired) electrons. The van der Waals surface area contributed by atoms with Crippen LogP contribution in [0.3, 0.4) is 0 Å². The summed E-state index contributed by atoms with van der Waals surface area (Å²) in [5.41, 5.74) is 3.00. The third-order valence-electron chi connectivity index (χ3n) is 8.64. The minimum Gasteiger partial charge on any atom is -0.324 e. The highest BCUT2D eigenvalue weighted by molar-refractivity contribution is 8.00. The Bertz CT molecular complexity index is 2070. The number of aromatic nitrogens is 1. The Labute approximate surface area is 279 Å². The Balaban J connectivity index is 1.29. The van der Waals surface area contributed by atoms with Crippen molar-refractivity contribution in [2.45, 2.75) is 48.9 Å². The smallest absolute Gasteiger partial charge is 0.308 e. The van der Waals surface area contributed by atoms with Gasteiger partial charge in [0.05, 0.1) is 16.6 Å². The lowest BCUT2D eigenvalue weighted by Gasteiger charge is -2.31. The second-order valence-electron chi connectivity index (χ2n) is 12.6. The molecule has 0 spiro atoms. The van der Waals surface area contributed by atoms with Crippen molar-refractivity contribution >= 4 is 74.6 Å². The van der Waals surface area contributed by atoms with Gasteiger partial charge in [0, 0.05) is 26.9 Å². The van der Waals surface area contributed by atoms with Crippen molar-refractivity contribution in [3.8, 4) is 0 Å². The normalized spacial score (nSPS) is 19.3. The number of carbonyl (C=O) groups excluding carboxylic acids is 3. The van der Waals surface area contributed by atoms with Crippen molar-refractivity contribution < 1.29 is 14.4 Å². The van der Waals surface area contributed by atoms with Gasteiger partial charge in [0.25, 0.3) is 0 Å². The predicted octanol–water partition coefficient (Wildman–Crippen LogP) is 7.45. The number of hydrogen-bond acceptors (Lipinski definition) is 6. The molecule has 232 valence electrons. The quantitative estimate of drug-likeness (QED) is 0.197. The zero-order valence-corrected chi connectivity index (χ0v) is 27.7. The first-order valence-corrected chi connectivity index (χ1v) is 17.0. The van der Waals surface area contributed by atoms with Crippen molar-refractivity contribution in [3.63, 3.8) is 0 Å². The Morgan fingerprint density at radius 2 is 1.57 bits per heavy atom. The first kappa shape index (κ1) is 30.5. The lowest BCUT2D eigenvalue weighted by atomic mass is 9.81. The SMILES string of the molecule is CC(C)(C)c1ccc(C2c3sc(=O)n(CC(=O)Nc4cccc5ccccc45)c3SC3C(=O)N(c4ccc(Cl)cc4)C(=O)C32)cc1. The van der Waals surface area contributed by atoms with E-state index in [-0.39, 0.29) is 34.6 Å². The topological polar surface area (TPSA) is 88.5 Å². The molecule has 0 aliphatic carbocycles. The zero-order valence-electron chi connectivity index (χ0n) is 25.3. The largest absolute Gasteiger partial charge is 0.324 e. The molecule has 3 heterocycles. The number of imide groups is 1. The summed E-state index contributed by atoms with van der Waals surface area (Å²) in [4.78, 5) is 56.8. The Morgan fingerprint density at radius 1 is 0.870 bits per heavy atom. The van der Waals surface area contributed by atoms with Crippen LogP contribution in [-0.2, 0) is 26.3 Å². The predicted molar refractivity (Wildman–Crippen MR) is 185 cm³/mol.